The molecule has 0 aliphatic carbocycles. The molecule has 2 N–H and O–H groups in total. The lowest BCUT2D eigenvalue weighted by molar-refractivity contribution is 0.0760. The van der Waals surface area contributed by atoms with Gasteiger partial charge in [-0.15, -0.1) is 0 Å². The van der Waals surface area contributed by atoms with E-state index in [4.69, 9.17) is 0 Å². The number of hydrogen-bond acceptors (Lipinski definition) is 6. The number of rotatable bonds is 4. The zero-order valence-electron chi connectivity index (χ0n) is 15.4. The summed E-state index contributed by atoms with van der Waals surface area (Å²) in [6.07, 6.45) is 6.11. The van der Waals surface area contributed by atoms with Gasteiger partial charge < -0.3 is 19.9 Å². The number of carbonyl (C=O) groups is 1. The van der Waals surface area contributed by atoms with Gasteiger partial charge in [-0.3, -0.25) is 4.79 Å². The molecule has 0 unspecified atom stereocenters. The van der Waals surface area contributed by atoms with Crippen molar-refractivity contribution in [3.05, 3.63) is 53.9 Å². The Morgan fingerprint density at radius 3 is 3.00 bits per heavy atom. The third kappa shape index (κ3) is 3.75. The number of aromatic nitrogens is 4. The Hall–Kier alpha value is -3.00. The molecule has 1 aliphatic heterocycles. The van der Waals surface area contributed by atoms with Crippen molar-refractivity contribution in [3.8, 4) is 0 Å². The van der Waals surface area contributed by atoms with Crippen molar-refractivity contribution in [2.24, 2.45) is 0 Å². The summed E-state index contributed by atoms with van der Waals surface area (Å²) >= 11 is 0. The predicted octanol–water partition coefficient (Wildman–Crippen LogP) is 1.48. The number of pyridine rings is 1. The Morgan fingerprint density at radius 1 is 1.22 bits per heavy atom. The highest BCUT2D eigenvalue weighted by Gasteiger charge is 2.18. The van der Waals surface area contributed by atoms with Crippen LogP contribution in [0.3, 0.4) is 0 Å². The average molecular weight is 365 g/mol. The number of amides is 1. The summed E-state index contributed by atoms with van der Waals surface area (Å²) in [5.74, 6) is 0.574. The lowest BCUT2D eigenvalue weighted by Crippen LogP contribution is -2.34. The first-order valence-corrected chi connectivity index (χ1v) is 9.21. The number of nitrogens with zero attached hydrogens (tertiary/aromatic N) is 5. The summed E-state index contributed by atoms with van der Waals surface area (Å²) in [6, 6.07) is 5.94. The van der Waals surface area contributed by atoms with Gasteiger partial charge in [-0.05, 0) is 32.0 Å². The molecule has 1 amide bonds. The fraction of sp³-hybridized carbons (Fsp3) is 0.368. The normalized spacial score (nSPS) is 14.9. The van der Waals surface area contributed by atoms with Gasteiger partial charge in [0.2, 0.25) is 0 Å². The molecule has 0 aromatic carbocycles. The molecule has 0 bridgehead atoms. The summed E-state index contributed by atoms with van der Waals surface area (Å²) in [5.41, 5.74) is 3.35. The first-order chi connectivity index (χ1) is 13.2. The minimum absolute atomic E-state index is 0.0598. The molecule has 4 heterocycles. The van der Waals surface area contributed by atoms with Crippen molar-refractivity contribution in [2.45, 2.75) is 19.9 Å². The van der Waals surface area contributed by atoms with Crippen molar-refractivity contribution in [1.29, 1.82) is 0 Å². The van der Waals surface area contributed by atoms with Crippen LogP contribution < -0.4 is 10.6 Å². The molecule has 3 aromatic heterocycles. The Bertz CT molecular complexity index is 927. The summed E-state index contributed by atoms with van der Waals surface area (Å²) < 4.78 is 2.06. The molecule has 0 radical (unpaired) electrons. The van der Waals surface area contributed by atoms with E-state index in [1.165, 1.54) is 0 Å². The monoisotopic (exact) mass is 365 g/mol. The molecule has 27 heavy (non-hydrogen) atoms. The molecule has 0 saturated carbocycles. The number of nitrogens with one attached hydrogen (secondary N) is 2. The summed E-state index contributed by atoms with van der Waals surface area (Å²) in [5, 5.41) is 6.56. The molecule has 3 aromatic rings. The average Bonchev–Trinajstić information content (AvgIpc) is 2.86. The van der Waals surface area contributed by atoms with E-state index in [1.54, 1.807) is 12.4 Å². The van der Waals surface area contributed by atoms with Crippen molar-refractivity contribution >= 4 is 17.4 Å². The van der Waals surface area contributed by atoms with Gasteiger partial charge in [-0.1, -0.05) is 6.07 Å². The maximum atomic E-state index is 12.6. The molecule has 1 aliphatic rings. The second kappa shape index (κ2) is 7.71. The van der Waals surface area contributed by atoms with Crippen LogP contribution in [0.25, 0.3) is 5.65 Å². The van der Waals surface area contributed by atoms with Gasteiger partial charge in [0.05, 0.1) is 30.3 Å². The maximum Gasteiger partial charge on any atom is 0.274 e. The van der Waals surface area contributed by atoms with Crippen molar-refractivity contribution in [3.63, 3.8) is 0 Å². The number of fused-ring (bicyclic) bond motifs is 1. The van der Waals surface area contributed by atoms with Crippen molar-refractivity contribution in [1.82, 2.24) is 29.6 Å². The zero-order chi connectivity index (χ0) is 18.6. The smallest absolute Gasteiger partial charge is 0.274 e. The fourth-order valence-corrected chi connectivity index (χ4v) is 3.29. The Balaban J connectivity index is 1.43. The Labute approximate surface area is 157 Å². The minimum Gasteiger partial charge on any atom is -0.363 e. The van der Waals surface area contributed by atoms with Crippen LogP contribution >= 0.6 is 0 Å². The molecule has 1 saturated heterocycles. The van der Waals surface area contributed by atoms with E-state index in [2.05, 4.69) is 30.0 Å². The molecular formula is C19H23N7O. The SMILES string of the molecule is Cc1nc2ccccn2c1CNc1cnc(C(=O)N2CCCNCC2)cn1. The minimum atomic E-state index is -0.0598. The van der Waals surface area contributed by atoms with Crippen molar-refractivity contribution < 1.29 is 4.79 Å². The predicted molar refractivity (Wildman–Crippen MR) is 103 cm³/mol. The first kappa shape index (κ1) is 17.4. The van der Waals surface area contributed by atoms with Gasteiger partial charge in [-0.2, -0.15) is 0 Å². The molecule has 1 fully saturated rings. The highest BCUT2D eigenvalue weighted by molar-refractivity contribution is 5.92. The Morgan fingerprint density at radius 2 is 2.15 bits per heavy atom. The van der Waals surface area contributed by atoms with Gasteiger partial charge in [-0.25, -0.2) is 15.0 Å². The van der Waals surface area contributed by atoms with Crippen LogP contribution in [-0.2, 0) is 6.54 Å². The summed E-state index contributed by atoms with van der Waals surface area (Å²) in [4.78, 5) is 27.6. The van der Waals surface area contributed by atoms with Gasteiger partial charge in [0, 0.05) is 25.8 Å². The number of hydrogen-bond donors (Lipinski definition) is 2. The lowest BCUT2D eigenvalue weighted by atomic mass is 10.3. The van der Waals surface area contributed by atoms with Crippen LogP contribution in [-0.4, -0.2) is 56.3 Å². The van der Waals surface area contributed by atoms with Crippen LogP contribution in [0, 0.1) is 6.92 Å². The molecule has 140 valence electrons. The molecule has 8 nitrogen and oxygen atoms in total. The first-order valence-electron chi connectivity index (χ1n) is 9.21. The topological polar surface area (TPSA) is 87.5 Å². The van der Waals surface area contributed by atoms with Crippen LogP contribution in [0.5, 0.6) is 0 Å². The third-order valence-corrected chi connectivity index (χ3v) is 4.76. The number of aryl methyl sites for hydroxylation is 1. The molecule has 0 spiro atoms. The summed E-state index contributed by atoms with van der Waals surface area (Å²) in [6.45, 7) is 5.79. The van der Waals surface area contributed by atoms with Gasteiger partial charge in [0.15, 0.2) is 0 Å². The van der Waals surface area contributed by atoms with Gasteiger partial charge >= 0.3 is 0 Å². The van der Waals surface area contributed by atoms with E-state index < -0.39 is 0 Å². The van der Waals surface area contributed by atoms with Gasteiger partial charge in [0.25, 0.3) is 5.91 Å². The number of anilines is 1. The fourth-order valence-electron chi connectivity index (χ4n) is 3.29. The highest BCUT2D eigenvalue weighted by Crippen LogP contribution is 2.13. The molecule has 8 heteroatoms. The molecule has 0 atom stereocenters. The Kier molecular flexibility index (Phi) is 4.97. The maximum absolute atomic E-state index is 12.6. The third-order valence-electron chi connectivity index (χ3n) is 4.76. The largest absolute Gasteiger partial charge is 0.363 e. The van der Waals surface area contributed by atoms with Crippen LogP contribution in [0.2, 0.25) is 0 Å². The van der Waals surface area contributed by atoms with E-state index in [0.29, 0.717) is 24.6 Å². The summed E-state index contributed by atoms with van der Waals surface area (Å²) in [7, 11) is 0. The van der Waals surface area contributed by atoms with E-state index in [0.717, 1.165) is 43.1 Å². The van der Waals surface area contributed by atoms with Crippen molar-refractivity contribution in [2.75, 3.05) is 31.5 Å². The second-order valence-electron chi connectivity index (χ2n) is 6.61. The standard InChI is InChI=1S/C19H23N7O/c1-14-16(26-9-3-2-5-18(26)24-14)12-23-17-13-21-15(11-22-17)19(27)25-8-4-6-20-7-10-25/h2-3,5,9,11,13,20H,4,6-8,10,12H2,1H3,(H,22,23). The number of imidazole rings is 1. The molecular weight excluding hydrogens is 342 g/mol. The van der Waals surface area contributed by atoms with Gasteiger partial charge in [0.1, 0.15) is 17.2 Å². The van der Waals surface area contributed by atoms with Crippen LogP contribution in [0.4, 0.5) is 5.82 Å². The van der Waals surface area contributed by atoms with E-state index >= 15 is 0 Å². The van der Waals surface area contributed by atoms with E-state index in [1.807, 2.05) is 36.2 Å². The second-order valence-corrected chi connectivity index (χ2v) is 6.61. The number of carbonyl (C=O) groups excluding carboxylic acids is 1. The highest BCUT2D eigenvalue weighted by atomic mass is 16.2. The van der Waals surface area contributed by atoms with E-state index in [9.17, 15) is 4.79 Å². The zero-order valence-corrected chi connectivity index (χ0v) is 15.4. The quantitative estimate of drug-likeness (QED) is 0.728. The molecule has 4 rings (SSSR count). The van der Waals surface area contributed by atoms with Crippen LogP contribution in [0.15, 0.2) is 36.8 Å². The van der Waals surface area contributed by atoms with Crippen LogP contribution in [0.1, 0.15) is 28.3 Å². The lowest BCUT2D eigenvalue weighted by Gasteiger charge is -2.19. The van der Waals surface area contributed by atoms with E-state index in [-0.39, 0.29) is 5.91 Å².